The number of aromatic nitrogens is 3. The van der Waals surface area contributed by atoms with Gasteiger partial charge in [-0.15, -0.1) is 0 Å². The molecule has 2 aromatic heterocycles. The van der Waals surface area contributed by atoms with E-state index < -0.39 is 0 Å². The van der Waals surface area contributed by atoms with Crippen molar-refractivity contribution < 1.29 is 0 Å². The average Bonchev–Trinajstić information content (AvgIpc) is 2.77. The Morgan fingerprint density at radius 3 is 2.82 bits per heavy atom. The third kappa shape index (κ3) is 3.24. The lowest BCUT2D eigenvalue weighted by molar-refractivity contribution is 0.806. The molecule has 0 saturated carbocycles. The molecule has 0 spiro atoms. The van der Waals surface area contributed by atoms with Gasteiger partial charge in [0.15, 0.2) is 4.34 Å². The van der Waals surface area contributed by atoms with Crippen molar-refractivity contribution in [3.8, 4) is 0 Å². The van der Waals surface area contributed by atoms with Gasteiger partial charge in [-0.3, -0.25) is 0 Å². The van der Waals surface area contributed by atoms with Gasteiger partial charge in [-0.1, -0.05) is 13.0 Å². The van der Waals surface area contributed by atoms with Crippen molar-refractivity contribution in [2.75, 3.05) is 0 Å². The van der Waals surface area contributed by atoms with Gasteiger partial charge < -0.3 is 5.73 Å². The number of hydrogen-bond donors (Lipinski definition) is 1. The van der Waals surface area contributed by atoms with E-state index >= 15 is 0 Å². The van der Waals surface area contributed by atoms with Crippen LogP contribution in [-0.4, -0.2) is 14.3 Å². The quantitative estimate of drug-likeness (QED) is 0.921. The van der Waals surface area contributed by atoms with Gasteiger partial charge in [-0.2, -0.15) is 4.37 Å². The van der Waals surface area contributed by atoms with E-state index in [1.54, 1.807) is 0 Å². The zero-order valence-corrected chi connectivity index (χ0v) is 11.4. The molecule has 0 aromatic carbocycles. The van der Waals surface area contributed by atoms with E-state index in [4.69, 9.17) is 5.73 Å². The Morgan fingerprint density at radius 2 is 2.29 bits per heavy atom. The summed E-state index contributed by atoms with van der Waals surface area (Å²) in [6.07, 6.45) is 2.68. The number of pyridine rings is 1. The van der Waals surface area contributed by atoms with Crippen LogP contribution in [0.4, 0.5) is 0 Å². The molecule has 0 saturated heterocycles. The monoisotopic (exact) mass is 266 g/mol. The Bertz CT molecular complexity index is 478. The number of rotatable bonds is 4. The first-order chi connectivity index (χ1) is 8.19. The Kier molecular flexibility index (Phi) is 4.09. The fraction of sp³-hybridized carbons (Fsp3) is 0.364. The predicted molar refractivity (Wildman–Crippen MR) is 70.2 cm³/mol. The van der Waals surface area contributed by atoms with Crippen LogP contribution in [0.15, 0.2) is 27.7 Å². The summed E-state index contributed by atoms with van der Waals surface area (Å²) in [5, 5.41) is 0.924. The molecule has 17 heavy (non-hydrogen) atoms. The van der Waals surface area contributed by atoms with Crippen molar-refractivity contribution in [1.29, 1.82) is 0 Å². The molecule has 6 heteroatoms. The van der Waals surface area contributed by atoms with E-state index in [9.17, 15) is 0 Å². The molecule has 0 bridgehead atoms. The smallest absolute Gasteiger partial charge is 0.176 e. The lowest BCUT2D eigenvalue weighted by Gasteiger charge is -2.04. The maximum absolute atomic E-state index is 5.77. The summed E-state index contributed by atoms with van der Waals surface area (Å²) in [6, 6.07) is 3.99. The molecule has 0 amide bonds. The Hall–Kier alpha value is -0.980. The second-order valence-corrected chi connectivity index (χ2v) is 5.67. The summed E-state index contributed by atoms with van der Waals surface area (Å²) in [4.78, 5) is 8.74. The van der Waals surface area contributed by atoms with Crippen LogP contribution in [-0.2, 0) is 6.42 Å². The largest absolute Gasteiger partial charge is 0.324 e. The molecular weight excluding hydrogens is 252 g/mol. The number of hydrogen-bond acceptors (Lipinski definition) is 6. The zero-order valence-electron chi connectivity index (χ0n) is 9.75. The standard InChI is InChI=1S/C11H14N4S2/c1-3-9-14-11(17-15-9)16-10-5-4-8(6-13-10)7(2)12/h4-7H,3,12H2,1-2H3/t7-/m1/s1. The maximum atomic E-state index is 5.77. The Morgan fingerprint density at radius 1 is 1.47 bits per heavy atom. The molecule has 2 N–H and O–H groups in total. The first-order valence-electron chi connectivity index (χ1n) is 5.41. The fourth-order valence-electron chi connectivity index (χ4n) is 1.23. The molecule has 0 aliphatic heterocycles. The van der Waals surface area contributed by atoms with Gasteiger partial charge in [0, 0.05) is 18.7 Å². The minimum Gasteiger partial charge on any atom is -0.324 e. The van der Waals surface area contributed by atoms with Gasteiger partial charge in [0.1, 0.15) is 10.9 Å². The topological polar surface area (TPSA) is 64.7 Å². The highest BCUT2D eigenvalue weighted by Crippen LogP contribution is 2.27. The summed E-state index contributed by atoms with van der Waals surface area (Å²) < 4.78 is 5.17. The van der Waals surface area contributed by atoms with E-state index in [-0.39, 0.29) is 6.04 Å². The van der Waals surface area contributed by atoms with Crippen LogP contribution in [0.3, 0.4) is 0 Å². The molecule has 0 aliphatic carbocycles. The molecule has 1 atom stereocenters. The van der Waals surface area contributed by atoms with Crippen LogP contribution < -0.4 is 5.73 Å². The summed E-state index contributed by atoms with van der Waals surface area (Å²) in [6.45, 7) is 3.99. The zero-order chi connectivity index (χ0) is 12.3. The minimum atomic E-state index is 0.0229. The van der Waals surface area contributed by atoms with Crippen LogP contribution in [0.2, 0.25) is 0 Å². The fourth-order valence-corrected chi connectivity index (χ4v) is 2.82. The summed E-state index contributed by atoms with van der Waals surface area (Å²) in [5.74, 6) is 0.893. The van der Waals surface area contributed by atoms with E-state index in [0.29, 0.717) is 0 Å². The molecule has 2 heterocycles. The number of nitrogens with two attached hydrogens (primary N) is 1. The molecule has 90 valence electrons. The lowest BCUT2D eigenvalue weighted by atomic mass is 10.2. The Labute approximate surface area is 109 Å². The molecule has 0 fully saturated rings. The van der Waals surface area contributed by atoms with Crippen molar-refractivity contribution in [1.82, 2.24) is 14.3 Å². The SMILES string of the molecule is CCc1nsc(Sc2ccc([C@@H](C)N)cn2)n1. The third-order valence-electron chi connectivity index (χ3n) is 2.24. The first-order valence-corrected chi connectivity index (χ1v) is 7.00. The highest BCUT2D eigenvalue weighted by Gasteiger charge is 2.06. The maximum Gasteiger partial charge on any atom is 0.176 e. The molecule has 0 unspecified atom stereocenters. The number of aryl methyl sites for hydroxylation is 1. The normalized spacial score (nSPS) is 12.6. The average molecular weight is 266 g/mol. The van der Waals surface area contributed by atoms with Crippen molar-refractivity contribution in [3.05, 3.63) is 29.7 Å². The second-order valence-electron chi connectivity index (χ2n) is 3.65. The van der Waals surface area contributed by atoms with Crippen molar-refractivity contribution >= 4 is 23.3 Å². The van der Waals surface area contributed by atoms with Gasteiger partial charge in [0.25, 0.3) is 0 Å². The van der Waals surface area contributed by atoms with Gasteiger partial charge in [-0.25, -0.2) is 9.97 Å². The van der Waals surface area contributed by atoms with Crippen molar-refractivity contribution in [3.63, 3.8) is 0 Å². The molecule has 4 nitrogen and oxygen atoms in total. The van der Waals surface area contributed by atoms with E-state index in [2.05, 4.69) is 14.3 Å². The van der Waals surface area contributed by atoms with Crippen LogP contribution >= 0.6 is 23.3 Å². The van der Waals surface area contributed by atoms with Crippen LogP contribution in [0.1, 0.15) is 31.3 Å². The number of nitrogens with zero attached hydrogens (tertiary/aromatic N) is 3. The van der Waals surface area contributed by atoms with Crippen LogP contribution in [0.5, 0.6) is 0 Å². The minimum absolute atomic E-state index is 0.0229. The van der Waals surface area contributed by atoms with Gasteiger partial charge in [-0.05, 0) is 41.8 Å². The van der Waals surface area contributed by atoms with Gasteiger partial charge in [0.2, 0.25) is 0 Å². The van der Waals surface area contributed by atoms with Crippen LogP contribution in [0, 0.1) is 0 Å². The summed E-state index contributed by atoms with van der Waals surface area (Å²) in [5.41, 5.74) is 6.81. The van der Waals surface area contributed by atoms with Crippen molar-refractivity contribution in [2.45, 2.75) is 35.7 Å². The Balaban J connectivity index is 2.08. The molecule has 2 aromatic rings. The molecule has 2 rings (SSSR count). The molecule has 0 radical (unpaired) electrons. The summed E-state index contributed by atoms with van der Waals surface area (Å²) in [7, 11) is 0. The third-order valence-corrected chi connectivity index (χ3v) is 3.98. The predicted octanol–water partition coefficient (Wildman–Crippen LogP) is 2.67. The second kappa shape index (κ2) is 5.57. The van der Waals surface area contributed by atoms with Crippen molar-refractivity contribution in [2.24, 2.45) is 5.73 Å². The lowest BCUT2D eigenvalue weighted by Crippen LogP contribution is -2.04. The van der Waals surface area contributed by atoms with E-state index in [0.717, 1.165) is 27.2 Å². The molecule has 0 aliphatic rings. The van der Waals surface area contributed by atoms with Gasteiger partial charge in [0.05, 0.1) is 0 Å². The van der Waals surface area contributed by atoms with E-state index in [1.165, 1.54) is 23.3 Å². The van der Waals surface area contributed by atoms with Crippen LogP contribution in [0.25, 0.3) is 0 Å². The first kappa shape index (κ1) is 12.5. The van der Waals surface area contributed by atoms with Gasteiger partial charge >= 0.3 is 0 Å². The summed E-state index contributed by atoms with van der Waals surface area (Å²) >= 11 is 2.95. The van der Waals surface area contributed by atoms with E-state index in [1.807, 2.05) is 32.2 Å². The highest BCUT2D eigenvalue weighted by molar-refractivity contribution is 8.00. The molecular formula is C11H14N4S2. The highest BCUT2D eigenvalue weighted by atomic mass is 32.2.